The molecule has 15 heavy (non-hydrogen) atoms. The molecule has 0 aliphatic heterocycles. The van der Waals surface area contributed by atoms with Gasteiger partial charge in [0.15, 0.2) is 0 Å². The highest BCUT2D eigenvalue weighted by atomic mass is 79.9. The van der Waals surface area contributed by atoms with Crippen molar-refractivity contribution >= 4 is 15.9 Å². The molecule has 0 aliphatic carbocycles. The van der Waals surface area contributed by atoms with Gasteiger partial charge in [-0.3, -0.25) is 0 Å². The topological polar surface area (TPSA) is 43.8 Å². The van der Waals surface area contributed by atoms with Gasteiger partial charge >= 0.3 is 0 Å². The Kier molecular flexibility index (Phi) is 2.88. The molecule has 78 valence electrons. The van der Waals surface area contributed by atoms with Crippen molar-refractivity contribution in [2.45, 2.75) is 13.5 Å². The minimum absolute atomic E-state index is 0.444. The highest BCUT2D eigenvalue weighted by Gasteiger charge is 2.05. The summed E-state index contributed by atoms with van der Waals surface area (Å²) in [6, 6.07) is 8.18. The molecular formula is C11H12BrN3. The van der Waals surface area contributed by atoms with E-state index < -0.39 is 0 Å². The predicted molar refractivity (Wildman–Crippen MR) is 63.9 cm³/mol. The first kappa shape index (κ1) is 10.4. The van der Waals surface area contributed by atoms with Crippen LogP contribution < -0.4 is 5.73 Å². The van der Waals surface area contributed by atoms with Gasteiger partial charge in [-0.1, -0.05) is 12.1 Å². The van der Waals surface area contributed by atoms with Gasteiger partial charge in [-0.15, -0.1) is 0 Å². The van der Waals surface area contributed by atoms with Crippen LogP contribution in [0.3, 0.4) is 0 Å². The van der Waals surface area contributed by atoms with Crippen LogP contribution in [-0.4, -0.2) is 9.78 Å². The van der Waals surface area contributed by atoms with Gasteiger partial charge in [0.2, 0.25) is 0 Å². The van der Waals surface area contributed by atoms with Crippen LogP contribution in [0.5, 0.6) is 0 Å². The molecule has 1 aromatic carbocycles. The molecule has 2 rings (SSSR count). The molecule has 2 aromatic rings. The van der Waals surface area contributed by atoms with E-state index in [1.165, 1.54) is 5.56 Å². The van der Waals surface area contributed by atoms with Gasteiger partial charge in [0.25, 0.3) is 0 Å². The second-order valence-electron chi connectivity index (χ2n) is 3.41. The molecule has 1 aromatic heterocycles. The monoisotopic (exact) mass is 265 g/mol. The molecule has 2 N–H and O–H groups in total. The lowest BCUT2D eigenvalue weighted by atomic mass is 10.2. The Hall–Kier alpha value is -1.13. The number of nitrogens with zero attached hydrogens (tertiary/aromatic N) is 2. The van der Waals surface area contributed by atoms with Crippen LogP contribution in [0.2, 0.25) is 0 Å². The molecule has 0 aliphatic rings. The predicted octanol–water partition coefficient (Wildman–Crippen LogP) is 2.40. The van der Waals surface area contributed by atoms with Crippen LogP contribution in [0.25, 0.3) is 5.69 Å². The molecule has 0 saturated carbocycles. The third kappa shape index (κ3) is 2.11. The summed E-state index contributed by atoms with van der Waals surface area (Å²) in [6.07, 6.45) is 1.93. The van der Waals surface area contributed by atoms with E-state index in [1.807, 2.05) is 23.0 Å². The molecular weight excluding hydrogens is 254 g/mol. The maximum Gasteiger partial charge on any atom is 0.0906 e. The average Bonchev–Trinajstić information content (AvgIpc) is 2.60. The summed E-state index contributed by atoms with van der Waals surface area (Å²) in [5, 5.41) is 4.38. The molecule has 0 bridgehead atoms. The fourth-order valence-electron chi connectivity index (χ4n) is 1.43. The number of rotatable bonds is 2. The number of halogens is 1. The Balaban J connectivity index is 2.45. The zero-order valence-corrected chi connectivity index (χ0v) is 10.0. The number of hydrogen-bond donors (Lipinski definition) is 1. The van der Waals surface area contributed by atoms with Gasteiger partial charge < -0.3 is 5.73 Å². The van der Waals surface area contributed by atoms with E-state index in [0.717, 1.165) is 15.9 Å². The number of nitrogens with two attached hydrogens (primary N) is 1. The quantitative estimate of drug-likeness (QED) is 0.907. The van der Waals surface area contributed by atoms with Crippen molar-refractivity contribution in [2.75, 3.05) is 0 Å². The third-order valence-electron chi connectivity index (χ3n) is 2.20. The van der Waals surface area contributed by atoms with Crippen molar-refractivity contribution in [3.8, 4) is 5.69 Å². The summed E-state index contributed by atoms with van der Waals surface area (Å²) in [4.78, 5) is 0. The van der Waals surface area contributed by atoms with E-state index in [-0.39, 0.29) is 0 Å². The summed E-state index contributed by atoms with van der Waals surface area (Å²) < 4.78 is 2.78. The van der Waals surface area contributed by atoms with E-state index in [1.54, 1.807) is 0 Å². The first-order valence-electron chi connectivity index (χ1n) is 4.72. The second-order valence-corrected chi connectivity index (χ2v) is 4.27. The minimum Gasteiger partial charge on any atom is -0.325 e. The summed E-state index contributed by atoms with van der Waals surface area (Å²) in [5.74, 6) is 0. The van der Waals surface area contributed by atoms with Crippen molar-refractivity contribution < 1.29 is 0 Å². The lowest BCUT2D eigenvalue weighted by Gasteiger charge is -2.01. The van der Waals surface area contributed by atoms with Crippen LogP contribution in [0.15, 0.2) is 34.9 Å². The largest absolute Gasteiger partial charge is 0.325 e. The van der Waals surface area contributed by atoms with E-state index in [9.17, 15) is 0 Å². The van der Waals surface area contributed by atoms with Gasteiger partial charge in [0.05, 0.1) is 15.9 Å². The van der Waals surface area contributed by atoms with Crippen LogP contribution in [0.4, 0.5) is 0 Å². The van der Waals surface area contributed by atoms with Gasteiger partial charge in [-0.05, 0) is 40.5 Å². The number of aryl methyl sites for hydroxylation is 1. The smallest absolute Gasteiger partial charge is 0.0906 e. The van der Waals surface area contributed by atoms with E-state index in [4.69, 9.17) is 5.73 Å². The normalized spacial score (nSPS) is 10.6. The minimum atomic E-state index is 0.444. The van der Waals surface area contributed by atoms with Crippen molar-refractivity contribution in [2.24, 2.45) is 5.73 Å². The second kappa shape index (κ2) is 4.16. The van der Waals surface area contributed by atoms with E-state index >= 15 is 0 Å². The maximum absolute atomic E-state index is 5.57. The van der Waals surface area contributed by atoms with Crippen LogP contribution in [0, 0.1) is 6.92 Å². The van der Waals surface area contributed by atoms with Crippen molar-refractivity contribution in [3.05, 3.63) is 46.2 Å². The van der Waals surface area contributed by atoms with Crippen LogP contribution in [-0.2, 0) is 6.54 Å². The molecule has 0 atom stereocenters. The lowest BCUT2D eigenvalue weighted by Crippen LogP contribution is -2.00. The molecule has 0 radical (unpaired) electrons. The maximum atomic E-state index is 5.57. The molecule has 1 heterocycles. The fourth-order valence-corrected chi connectivity index (χ4v) is 1.86. The van der Waals surface area contributed by atoms with Crippen molar-refractivity contribution in [1.82, 2.24) is 9.78 Å². The Morgan fingerprint density at radius 3 is 2.87 bits per heavy atom. The molecule has 0 amide bonds. The molecule has 0 fully saturated rings. The van der Waals surface area contributed by atoms with Gasteiger partial charge in [-0.25, -0.2) is 4.68 Å². The molecule has 0 saturated heterocycles. The van der Waals surface area contributed by atoms with Crippen LogP contribution >= 0.6 is 15.9 Å². The Bertz CT molecular complexity index is 476. The van der Waals surface area contributed by atoms with Gasteiger partial charge in [0, 0.05) is 12.7 Å². The van der Waals surface area contributed by atoms with Gasteiger partial charge in [0.1, 0.15) is 0 Å². The van der Waals surface area contributed by atoms with Gasteiger partial charge in [-0.2, -0.15) is 5.10 Å². The summed E-state index contributed by atoms with van der Waals surface area (Å²) in [7, 11) is 0. The van der Waals surface area contributed by atoms with Crippen molar-refractivity contribution in [3.63, 3.8) is 0 Å². The first-order valence-corrected chi connectivity index (χ1v) is 5.51. The zero-order valence-electron chi connectivity index (χ0n) is 8.44. The molecule has 0 spiro atoms. The molecule has 3 nitrogen and oxygen atoms in total. The summed E-state index contributed by atoms with van der Waals surface area (Å²) in [5.41, 5.74) is 8.71. The number of aromatic nitrogens is 2. The highest BCUT2D eigenvalue weighted by Crippen LogP contribution is 2.17. The third-order valence-corrected chi connectivity index (χ3v) is 2.86. The van der Waals surface area contributed by atoms with Crippen molar-refractivity contribution in [1.29, 1.82) is 0 Å². The Morgan fingerprint density at radius 1 is 1.47 bits per heavy atom. The highest BCUT2D eigenvalue weighted by molar-refractivity contribution is 9.10. The van der Waals surface area contributed by atoms with Crippen LogP contribution in [0.1, 0.15) is 11.3 Å². The lowest BCUT2D eigenvalue weighted by molar-refractivity contribution is 0.832. The number of hydrogen-bond acceptors (Lipinski definition) is 2. The summed E-state index contributed by atoms with van der Waals surface area (Å²) in [6.45, 7) is 2.51. The first-order chi connectivity index (χ1) is 7.20. The Labute approximate surface area is 97.0 Å². The SMILES string of the molecule is Cc1cccc(-n2cc(Br)c(CN)n2)c1. The standard InChI is InChI=1S/C11H12BrN3/c1-8-3-2-4-9(5-8)15-7-10(12)11(6-13)14-15/h2-5,7H,6,13H2,1H3. The van der Waals surface area contributed by atoms with E-state index in [2.05, 4.69) is 40.1 Å². The van der Waals surface area contributed by atoms with E-state index in [0.29, 0.717) is 6.54 Å². The fraction of sp³-hybridized carbons (Fsp3) is 0.182. The summed E-state index contributed by atoms with van der Waals surface area (Å²) >= 11 is 3.43. The molecule has 0 unspecified atom stereocenters. The number of benzene rings is 1. The molecule has 4 heteroatoms. The zero-order chi connectivity index (χ0) is 10.8. The average molecular weight is 266 g/mol. The Morgan fingerprint density at radius 2 is 2.27 bits per heavy atom.